The first kappa shape index (κ1) is 16.7. The lowest BCUT2D eigenvalue weighted by Crippen LogP contribution is -2.26. The Bertz CT molecular complexity index is 725. The largest absolute Gasteiger partial charge is 0.434 e. The van der Waals surface area contributed by atoms with Gasteiger partial charge in [0.15, 0.2) is 17.3 Å². The summed E-state index contributed by atoms with van der Waals surface area (Å²) in [7, 11) is 0. The number of alkyl halides is 3. The van der Waals surface area contributed by atoms with E-state index in [1.807, 2.05) is 0 Å². The van der Waals surface area contributed by atoms with Gasteiger partial charge < -0.3 is 9.88 Å². The minimum atomic E-state index is -4.43. The molecule has 0 aliphatic carbocycles. The molecule has 3 rings (SSSR count). The molecule has 0 aromatic carbocycles. The van der Waals surface area contributed by atoms with Crippen LogP contribution in [-0.4, -0.2) is 26.1 Å². The van der Waals surface area contributed by atoms with Crippen LogP contribution in [0.4, 0.5) is 23.4 Å². The summed E-state index contributed by atoms with van der Waals surface area (Å²) in [6.45, 7) is 2.64. The monoisotopic (exact) mass is 343 g/mol. The molecule has 1 aliphatic heterocycles. The fourth-order valence-electron chi connectivity index (χ4n) is 2.83. The SMILES string of the molecule is CCc1ncnc(NCC2CCc3nc(C(F)(F)F)cn3C2)c1F. The number of imidazole rings is 1. The normalized spacial score (nSPS) is 17.6. The van der Waals surface area contributed by atoms with Crippen molar-refractivity contribution in [1.29, 1.82) is 0 Å². The summed E-state index contributed by atoms with van der Waals surface area (Å²) in [6.07, 6.45) is -0.468. The Morgan fingerprint density at radius 2 is 2.12 bits per heavy atom. The van der Waals surface area contributed by atoms with Crippen molar-refractivity contribution in [3.8, 4) is 0 Å². The number of rotatable bonds is 4. The van der Waals surface area contributed by atoms with Crippen molar-refractivity contribution in [2.75, 3.05) is 11.9 Å². The summed E-state index contributed by atoms with van der Waals surface area (Å²) in [6, 6.07) is 0. The summed E-state index contributed by atoms with van der Waals surface area (Å²) < 4.78 is 53.7. The van der Waals surface area contributed by atoms with Crippen molar-refractivity contribution in [2.24, 2.45) is 5.92 Å². The van der Waals surface area contributed by atoms with Crippen LogP contribution in [0, 0.1) is 11.7 Å². The first-order valence-electron chi connectivity index (χ1n) is 7.75. The van der Waals surface area contributed by atoms with Crippen molar-refractivity contribution >= 4 is 5.82 Å². The van der Waals surface area contributed by atoms with Crippen LogP contribution in [0.15, 0.2) is 12.5 Å². The second-order valence-electron chi connectivity index (χ2n) is 5.81. The number of hydrogen-bond donors (Lipinski definition) is 1. The van der Waals surface area contributed by atoms with Crippen molar-refractivity contribution in [3.05, 3.63) is 35.6 Å². The average Bonchev–Trinajstić information content (AvgIpc) is 2.97. The highest BCUT2D eigenvalue weighted by Gasteiger charge is 2.35. The summed E-state index contributed by atoms with van der Waals surface area (Å²) in [5.41, 5.74) is -0.525. The third kappa shape index (κ3) is 3.34. The third-order valence-electron chi connectivity index (χ3n) is 4.14. The molecule has 0 saturated heterocycles. The molecule has 9 heteroatoms. The highest BCUT2D eigenvalue weighted by molar-refractivity contribution is 5.37. The standard InChI is InChI=1S/C15H17F4N5/c1-2-10-13(16)14(22-8-21-10)20-5-9-3-4-12-23-11(15(17,18)19)7-24(12)6-9/h7-9H,2-6H2,1H3,(H,20,21,22). The molecular weight excluding hydrogens is 326 g/mol. The molecule has 0 spiro atoms. The zero-order chi connectivity index (χ0) is 17.3. The van der Waals surface area contributed by atoms with Crippen LogP contribution < -0.4 is 5.32 Å². The molecule has 0 amide bonds. The van der Waals surface area contributed by atoms with Gasteiger partial charge in [-0.1, -0.05) is 6.92 Å². The summed E-state index contributed by atoms with van der Waals surface area (Å²) in [5.74, 6) is 0.181. The second kappa shape index (κ2) is 6.37. The van der Waals surface area contributed by atoms with E-state index in [1.165, 1.54) is 10.9 Å². The molecule has 1 unspecified atom stereocenters. The van der Waals surface area contributed by atoms with Gasteiger partial charge in [0.2, 0.25) is 0 Å². The molecule has 24 heavy (non-hydrogen) atoms. The lowest BCUT2D eigenvalue weighted by molar-refractivity contribution is -0.141. The number of fused-ring (bicyclic) bond motifs is 1. The minimum Gasteiger partial charge on any atom is -0.367 e. The van der Waals surface area contributed by atoms with Crippen LogP contribution in [0.2, 0.25) is 0 Å². The van der Waals surface area contributed by atoms with Gasteiger partial charge in [0.25, 0.3) is 0 Å². The van der Waals surface area contributed by atoms with Gasteiger partial charge >= 0.3 is 6.18 Å². The van der Waals surface area contributed by atoms with Gasteiger partial charge in [-0.3, -0.25) is 0 Å². The lowest BCUT2D eigenvalue weighted by atomic mass is 9.99. The van der Waals surface area contributed by atoms with Crippen LogP contribution in [0.5, 0.6) is 0 Å². The van der Waals surface area contributed by atoms with Gasteiger partial charge in [-0.25, -0.2) is 19.3 Å². The van der Waals surface area contributed by atoms with Crippen LogP contribution in [0.25, 0.3) is 0 Å². The fraction of sp³-hybridized carbons (Fsp3) is 0.533. The number of aryl methyl sites for hydroxylation is 2. The van der Waals surface area contributed by atoms with Gasteiger partial charge in [-0.2, -0.15) is 13.2 Å². The predicted molar refractivity (Wildman–Crippen MR) is 78.9 cm³/mol. The Morgan fingerprint density at radius 3 is 2.83 bits per heavy atom. The number of halogens is 4. The molecule has 130 valence electrons. The number of hydrogen-bond acceptors (Lipinski definition) is 4. The molecule has 1 atom stereocenters. The fourth-order valence-corrected chi connectivity index (χ4v) is 2.83. The van der Waals surface area contributed by atoms with E-state index in [0.29, 0.717) is 43.9 Å². The van der Waals surface area contributed by atoms with E-state index >= 15 is 0 Å². The van der Waals surface area contributed by atoms with E-state index in [0.717, 1.165) is 6.20 Å². The van der Waals surface area contributed by atoms with Crippen LogP contribution >= 0.6 is 0 Å². The van der Waals surface area contributed by atoms with E-state index in [2.05, 4.69) is 20.3 Å². The lowest BCUT2D eigenvalue weighted by Gasteiger charge is -2.24. The van der Waals surface area contributed by atoms with Crippen molar-refractivity contribution in [1.82, 2.24) is 19.5 Å². The molecule has 0 radical (unpaired) electrons. The van der Waals surface area contributed by atoms with Gasteiger partial charge in [0, 0.05) is 25.7 Å². The van der Waals surface area contributed by atoms with Crippen molar-refractivity contribution in [3.63, 3.8) is 0 Å². The third-order valence-corrected chi connectivity index (χ3v) is 4.14. The van der Waals surface area contributed by atoms with E-state index in [9.17, 15) is 17.6 Å². The van der Waals surface area contributed by atoms with Gasteiger partial charge in [0.1, 0.15) is 12.2 Å². The molecule has 3 heterocycles. The quantitative estimate of drug-likeness (QED) is 0.867. The smallest absolute Gasteiger partial charge is 0.367 e. The Labute approximate surface area is 136 Å². The first-order chi connectivity index (χ1) is 11.4. The van der Waals surface area contributed by atoms with Gasteiger partial charge in [-0.15, -0.1) is 0 Å². The van der Waals surface area contributed by atoms with E-state index in [1.54, 1.807) is 6.92 Å². The average molecular weight is 343 g/mol. The van der Waals surface area contributed by atoms with Crippen LogP contribution in [0.3, 0.4) is 0 Å². The van der Waals surface area contributed by atoms with E-state index in [4.69, 9.17) is 0 Å². The molecule has 1 aliphatic rings. The Morgan fingerprint density at radius 1 is 1.33 bits per heavy atom. The van der Waals surface area contributed by atoms with Crippen molar-refractivity contribution < 1.29 is 17.6 Å². The topological polar surface area (TPSA) is 55.6 Å². The minimum absolute atomic E-state index is 0.0761. The second-order valence-corrected chi connectivity index (χ2v) is 5.81. The maximum Gasteiger partial charge on any atom is 0.434 e. The molecule has 2 aromatic rings. The predicted octanol–water partition coefficient (Wildman–Crippen LogP) is 3.07. The summed E-state index contributed by atoms with van der Waals surface area (Å²) in [4.78, 5) is 11.4. The summed E-state index contributed by atoms with van der Waals surface area (Å²) >= 11 is 0. The Hall–Kier alpha value is -2.19. The van der Waals surface area contributed by atoms with Crippen molar-refractivity contribution in [2.45, 2.75) is 38.9 Å². The molecule has 0 saturated carbocycles. The maximum absolute atomic E-state index is 14.1. The van der Waals surface area contributed by atoms with E-state index < -0.39 is 17.7 Å². The first-order valence-corrected chi connectivity index (χ1v) is 7.75. The molecule has 2 aromatic heterocycles. The Balaban J connectivity index is 1.65. The number of anilines is 1. The van der Waals surface area contributed by atoms with E-state index in [-0.39, 0.29) is 11.7 Å². The number of nitrogens with zero attached hydrogens (tertiary/aromatic N) is 4. The zero-order valence-corrected chi connectivity index (χ0v) is 13.1. The molecular formula is C15H17F4N5. The van der Waals surface area contributed by atoms with Gasteiger partial charge in [0.05, 0.1) is 5.69 Å². The molecule has 5 nitrogen and oxygen atoms in total. The number of aromatic nitrogens is 4. The molecule has 0 fully saturated rings. The summed E-state index contributed by atoms with van der Waals surface area (Å²) in [5, 5.41) is 2.94. The maximum atomic E-state index is 14.1. The molecule has 1 N–H and O–H groups in total. The highest BCUT2D eigenvalue weighted by Crippen LogP contribution is 2.30. The number of nitrogens with one attached hydrogen (secondary N) is 1. The Kier molecular flexibility index (Phi) is 4.42. The van der Waals surface area contributed by atoms with Crippen LogP contribution in [-0.2, 0) is 25.6 Å². The highest BCUT2D eigenvalue weighted by atomic mass is 19.4. The van der Waals surface area contributed by atoms with Crippen LogP contribution in [0.1, 0.15) is 30.6 Å². The molecule has 0 bridgehead atoms. The van der Waals surface area contributed by atoms with Gasteiger partial charge in [-0.05, 0) is 18.8 Å². The zero-order valence-electron chi connectivity index (χ0n) is 13.1.